The summed E-state index contributed by atoms with van der Waals surface area (Å²) in [4.78, 5) is 21.6. The number of rotatable bonds is 28. The first-order valence-electron chi connectivity index (χ1n) is 14.4. The third-order valence-electron chi connectivity index (χ3n) is 6.22. The van der Waals surface area contributed by atoms with Crippen molar-refractivity contribution in [3.63, 3.8) is 0 Å². The van der Waals surface area contributed by atoms with Crippen LogP contribution in [0.1, 0.15) is 142 Å². The van der Waals surface area contributed by atoms with Gasteiger partial charge in [-0.3, -0.25) is 0 Å². The number of hydrogen-bond acceptors (Lipinski definition) is 6. The fraction of sp³-hybridized carbons (Fsp3) is 1.00. The van der Waals surface area contributed by atoms with Crippen molar-refractivity contribution >= 4 is 7.82 Å². The second kappa shape index (κ2) is 33.2. The van der Waals surface area contributed by atoms with E-state index in [2.05, 4.69) is 18.4 Å². The molecule has 0 aliphatic heterocycles. The van der Waals surface area contributed by atoms with Crippen LogP contribution >= 0.6 is 7.82 Å². The molecule has 0 N–H and O–H groups in total. The Labute approximate surface area is 268 Å². The van der Waals surface area contributed by atoms with Crippen molar-refractivity contribution in [3.05, 3.63) is 0 Å². The normalized spacial score (nSPS) is 12.2. The van der Waals surface area contributed by atoms with Crippen LogP contribution in [0, 0.1) is 0 Å². The van der Waals surface area contributed by atoms with Gasteiger partial charge in [-0.1, -0.05) is 129 Å². The number of hydrogen-bond donors (Lipinski definition) is 0. The first-order valence-corrected chi connectivity index (χ1v) is 15.8. The summed E-state index contributed by atoms with van der Waals surface area (Å²) in [6.45, 7) is 5.64. The first kappa shape index (κ1) is 42.5. The zero-order chi connectivity index (χ0) is 25.2. The van der Waals surface area contributed by atoms with E-state index in [1.165, 1.54) is 103 Å². The Hall–Kier alpha value is 2.03. The molecule has 0 aliphatic carbocycles. The molecule has 1 atom stereocenters. The minimum Gasteiger partial charge on any atom is -0.790 e. The molecule has 0 radical (unpaired) electrons. The molecule has 0 rings (SSSR count). The summed E-state index contributed by atoms with van der Waals surface area (Å²) in [6, 6.07) is 0. The van der Waals surface area contributed by atoms with Gasteiger partial charge in [-0.05, 0) is 12.8 Å². The quantitative estimate of drug-likeness (QED) is 0.0820. The maximum Gasteiger partial charge on any atom is 1.00 e. The van der Waals surface area contributed by atoms with E-state index in [1.807, 2.05) is 0 Å². The van der Waals surface area contributed by atoms with Crippen LogP contribution < -0.4 is 68.9 Å². The topological polar surface area (TPSA) is 90.9 Å². The van der Waals surface area contributed by atoms with Crippen LogP contribution in [0.5, 0.6) is 0 Å². The van der Waals surface area contributed by atoms with Crippen LogP contribution in [0.3, 0.4) is 0 Å². The fourth-order valence-corrected chi connectivity index (χ4v) is 4.41. The summed E-state index contributed by atoms with van der Waals surface area (Å²) >= 11 is 0. The Morgan fingerprint density at radius 3 is 1.31 bits per heavy atom. The smallest absolute Gasteiger partial charge is 0.790 e. The van der Waals surface area contributed by atoms with Gasteiger partial charge in [0.15, 0.2) is 0 Å². The summed E-state index contributed by atoms with van der Waals surface area (Å²) in [5.74, 6) is 0. The van der Waals surface area contributed by atoms with E-state index in [0.717, 1.165) is 25.7 Å². The Kier molecular flexibility index (Phi) is 39.2. The molecule has 0 aromatic rings. The van der Waals surface area contributed by atoms with Crippen molar-refractivity contribution in [2.75, 3.05) is 26.4 Å². The third kappa shape index (κ3) is 36.0. The first-order chi connectivity index (χ1) is 16.5. The van der Waals surface area contributed by atoms with E-state index >= 15 is 0 Å². The van der Waals surface area contributed by atoms with Gasteiger partial charge in [0.25, 0.3) is 0 Å². The van der Waals surface area contributed by atoms with Crippen LogP contribution in [0.15, 0.2) is 0 Å². The SMILES string of the molecule is CCCCCCCCCCCCOCC(COP(=O)([O-])[O-])OCCCCCCCCCCCC.[Na+].[Na+]. The number of phosphoric ester groups is 1. The van der Waals surface area contributed by atoms with Gasteiger partial charge in [-0.15, -0.1) is 0 Å². The van der Waals surface area contributed by atoms with Crippen molar-refractivity contribution < 1.29 is 87.5 Å². The summed E-state index contributed by atoms with van der Waals surface area (Å²) < 4.78 is 26.7. The molecule has 0 saturated heterocycles. The fourth-order valence-electron chi connectivity index (χ4n) is 4.06. The summed E-state index contributed by atoms with van der Waals surface area (Å²) in [6.07, 6.45) is 24.6. The summed E-state index contributed by atoms with van der Waals surface area (Å²) in [5.41, 5.74) is 0. The van der Waals surface area contributed by atoms with Crippen LogP contribution in [-0.2, 0) is 18.6 Å². The van der Waals surface area contributed by atoms with Gasteiger partial charge in [-0.2, -0.15) is 0 Å². The van der Waals surface area contributed by atoms with Gasteiger partial charge in [0, 0.05) is 13.2 Å². The zero-order valence-corrected chi connectivity index (χ0v) is 29.3. The standard InChI is InChI=1S/C27H57O6P.2Na/c1-3-5-7-9-11-13-15-17-19-21-23-31-25-27(26-33-34(28,29)30)32-24-22-20-18-16-14-12-10-8-6-4-2;;/h27H,3-26H2,1-2H3,(H2,28,29,30);;/q;2*+1/p-2. The van der Waals surface area contributed by atoms with E-state index in [9.17, 15) is 14.4 Å². The van der Waals surface area contributed by atoms with Crippen molar-refractivity contribution in [1.82, 2.24) is 0 Å². The Morgan fingerprint density at radius 2 is 0.917 bits per heavy atom. The molecule has 0 saturated carbocycles. The average molecular weight is 553 g/mol. The maximum atomic E-state index is 10.8. The summed E-state index contributed by atoms with van der Waals surface area (Å²) in [7, 11) is -4.99. The van der Waals surface area contributed by atoms with Crippen molar-refractivity contribution in [2.45, 2.75) is 148 Å². The van der Waals surface area contributed by atoms with Gasteiger partial charge in [-0.25, -0.2) is 0 Å². The number of phosphoric acid groups is 1. The molecule has 0 bridgehead atoms. The molecule has 9 heteroatoms. The molecule has 0 aliphatic rings. The molecular formula is C27H55Na2O6P. The van der Waals surface area contributed by atoms with Crippen LogP contribution in [-0.4, -0.2) is 32.5 Å². The molecule has 206 valence electrons. The molecule has 0 fully saturated rings. The maximum absolute atomic E-state index is 10.8. The molecule has 0 aromatic carbocycles. The van der Waals surface area contributed by atoms with Crippen LogP contribution in [0.2, 0.25) is 0 Å². The van der Waals surface area contributed by atoms with E-state index in [0.29, 0.717) is 13.2 Å². The molecule has 0 aromatic heterocycles. The van der Waals surface area contributed by atoms with Gasteiger partial charge < -0.3 is 28.3 Å². The monoisotopic (exact) mass is 552 g/mol. The van der Waals surface area contributed by atoms with Gasteiger partial charge in [0.05, 0.1) is 21.0 Å². The Morgan fingerprint density at radius 1 is 0.556 bits per heavy atom. The largest absolute Gasteiger partial charge is 1.00 e. The molecular weight excluding hydrogens is 497 g/mol. The van der Waals surface area contributed by atoms with Crippen molar-refractivity contribution in [3.8, 4) is 0 Å². The van der Waals surface area contributed by atoms with Crippen molar-refractivity contribution in [1.29, 1.82) is 0 Å². The van der Waals surface area contributed by atoms with Crippen LogP contribution in [0.25, 0.3) is 0 Å². The van der Waals surface area contributed by atoms with Crippen LogP contribution in [0.4, 0.5) is 0 Å². The molecule has 36 heavy (non-hydrogen) atoms. The zero-order valence-electron chi connectivity index (χ0n) is 24.4. The number of unbranched alkanes of at least 4 members (excludes halogenated alkanes) is 18. The third-order valence-corrected chi connectivity index (χ3v) is 6.68. The minimum atomic E-state index is -4.99. The molecule has 0 spiro atoms. The van der Waals surface area contributed by atoms with Gasteiger partial charge >= 0.3 is 59.1 Å². The van der Waals surface area contributed by atoms with Gasteiger partial charge in [0.1, 0.15) is 6.10 Å². The second-order valence-corrected chi connectivity index (χ2v) is 10.8. The summed E-state index contributed by atoms with van der Waals surface area (Å²) in [5, 5.41) is 0. The van der Waals surface area contributed by atoms with E-state index in [1.54, 1.807) is 0 Å². The second-order valence-electron chi connectivity index (χ2n) is 9.67. The van der Waals surface area contributed by atoms with Gasteiger partial charge in [0.2, 0.25) is 0 Å². The molecule has 0 amide bonds. The molecule has 6 nitrogen and oxygen atoms in total. The molecule has 0 heterocycles. The van der Waals surface area contributed by atoms with E-state index in [4.69, 9.17) is 9.47 Å². The Balaban J connectivity index is -0.00000544. The number of ether oxygens (including phenoxy) is 2. The van der Waals surface area contributed by atoms with E-state index < -0.39 is 13.9 Å². The predicted molar refractivity (Wildman–Crippen MR) is 138 cm³/mol. The molecule has 1 unspecified atom stereocenters. The van der Waals surface area contributed by atoms with E-state index in [-0.39, 0.29) is 72.3 Å². The van der Waals surface area contributed by atoms with Crippen molar-refractivity contribution in [2.24, 2.45) is 0 Å². The average Bonchev–Trinajstić information content (AvgIpc) is 2.80. The Bertz CT molecular complexity index is 454. The predicted octanol–water partition coefficient (Wildman–Crippen LogP) is 1.08. The minimum absolute atomic E-state index is 0.